The highest BCUT2D eigenvalue weighted by Crippen LogP contribution is 2.32. The zero-order valence-corrected chi connectivity index (χ0v) is 15.5. The molecule has 9 heteroatoms. The van der Waals surface area contributed by atoms with Crippen LogP contribution in [0, 0.1) is 5.82 Å². The maximum absolute atomic E-state index is 13.0. The van der Waals surface area contributed by atoms with Crippen LogP contribution in [-0.4, -0.2) is 35.7 Å². The summed E-state index contributed by atoms with van der Waals surface area (Å²) < 4.78 is 23.6. The topological polar surface area (TPSA) is 97.6 Å². The molecule has 1 aliphatic rings. The van der Waals surface area contributed by atoms with Crippen molar-refractivity contribution in [1.82, 2.24) is 10.2 Å². The molecule has 1 aliphatic heterocycles. The van der Waals surface area contributed by atoms with Gasteiger partial charge in [-0.05, 0) is 48.5 Å². The van der Waals surface area contributed by atoms with Gasteiger partial charge in [0.05, 0.1) is 13.0 Å². The van der Waals surface area contributed by atoms with E-state index in [-0.39, 0.29) is 35.7 Å². The number of ether oxygens (including phenoxy) is 1. The first-order valence-electron chi connectivity index (χ1n) is 8.88. The van der Waals surface area contributed by atoms with Crippen molar-refractivity contribution in [3.63, 3.8) is 0 Å². The Morgan fingerprint density at radius 2 is 1.90 bits per heavy atom. The van der Waals surface area contributed by atoms with Gasteiger partial charge in [0.25, 0.3) is 5.91 Å². The largest absolute Gasteiger partial charge is 0.497 e. The molecule has 0 spiro atoms. The first kappa shape index (κ1) is 18.6. The number of amides is 2. The second-order valence-electron chi connectivity index (χ2n) is 6.51. The molecule has 1 N–H and O–H groups in total. The number of methoxy groups -OCH3 is 1. The summed E-state index contributed by atoms with van der Waals surface area (Å²) in [6, 6.07) is 12.2. The summed E-state index contributed by atoms with van der Waals surface area (Å²) in [5, 5.41) is 10.3. The highest BCUT2D eigenvalue weighted by molar-refractivity contribution is 6.03. The predicted octanol–water partition coefficient (Wildman–Crippen LogP) is 2.99. The van der Waals surface area contributed by atoms with Crippen LogP contribution in [0.15, 0.2) is 52.9 Å². The average Bonchev–Trinajstić information content (AvgIpc) is 3.35. The highest BCUT2D eigenvalue weighted by atomic mass is 19.1. The number of anilines is 2. The second kappa shape index (κ2) is 7.70. The van der Waals surface area contributed by atoms with Crippen molar-refractivity contribution in [3.05, 3.63) is 65.8 Å². The Hall–Kier alpha value is -3.75. The van der Waals surface area contributed by atoms with Crippen LogP contribution in [0.3, 0.4) is 0 Å². The first-order chi connectivity index (χ1) is 14.0. The molecule has 1 atom stereocenters. The first-order valence-corrected chi connectivity index (χ1v) is 8.88. The molecule has 0 radical (unpaired) electrons. The van der Waals surface area contributed by atoms with Crippen molar-refractivity contribution in [1.29, 1.82) is 0 Å². The van der Waals surface area contributed by atoms with Crippen LogP contribution in [0.2, 0.25) is 0 Å². The zero-order chi connectivity index (χ0) is 20.4. The number of halogens is 1. The summed E-state index contributed by atoms with van der Waals surface area (Å²) in [7, 11) is 1.58. The van der Waals surface area contributed by atoms with Crippen molar-refractivity contribution in [2.24, 2.45) is 0 Å². The Labute approximate surface area is 165 Å². The molecule has 1 fully saturated rings. The van der Waals surface area contributed by atoms with Crippen molar-refractivity contribution >= 4 is 23.5 Å². The molecule has 8 nitrogen and oxygen atoms in total. The van der Waals surface area contributed by atoms with Gasteiger partial charge in [-0.1, -0.05) is 5.10 Å². The Bertz CT molecular complexity index is 1030. The van der Waals surface area contributed by atoms with Gasteiger partial charge in [0, 0.05) is 24.2 Å². The second-order valence-corrected chi connectivity index (χ2v) is 6.51. The van der Waals surface area contributed by atoms with E-state index in [0.717, 1.165) is 5.69 Å². The standard InChI is InChI=1S/C20H17FN4O4/c1-28-16-8-6-15(7-9-16)25-11-13(10-17(25)26)19-23-24-20(29-19)22-18(27)12-2-4-14(21)5-3-12/h2-9,13H,10-11H2,1H3,(H,22,24,27)/t13-/m1/s1. The van der Waals surface area contributed by atoms with Gasteiger partial charge in [0.1, 0.15) is 11.6 Å². The lowest BCUT2D eigenvalue weighted by Gasteiger charge is -2.16. The Morgan fingerprint density at radius 1 is 1.17 bits per heavy atom. The molecule has 3 aromatic rings. The Kier molecular flexibility index (Phi) is 4.94. The maximum Gasteiger partial charge on any atom is 0.322 e. The van der Waals surface area contributed by atoms with Gasteiger partial charge in [0.2, 0.25) is 11.8 Å². The van der Waals surface area contributed by atoms with Crippen LogP contribution in [0.25, 0.3) is 0 Å². The third-order valence-corrected chi connectivity index (χ3v) is 4.63. The van der Waals surface area contributed by atoms with Gasteiger partial charge in [-0.3, -0.25) is 14.9 Å². The van der Waals surface area contributed by atoms with Gasteiger partial charge in [0.15, 0.2) is 0 Å². The van der Waals surface area contributed by atoms with E-state index in [1.807, 2.05) is 0 Å². The fourth-order valence-electron chi connectivity index (χ4n) is 3.11. The third-order valence-electron chi connectivity index (χ3n) is 4.63. The van der Waals surface area contributed by atoms with Crippen LogP contribution >= 0.6 is 0 Å². The summed E-state index contributed by atoms with van der Waals surface area (Å²) in [6.07, 6.45) is 0.222. The molecule has 1 saturated heterocycles. The maximum atomic E-state index is 13.0. The minimum absolute atomic E-state index is 0.0599. The molecule has 4 rings (SSSR count). The number of nitrogens with zero attached hydrogens (tertiary/aromatic N) is 3. The molecular weight excluding hydrogens is 379 g/mol. The van der Waals surface area contributed by atoms with Gasteiger partial charge in [-0.15, -0.1) is 5.10 Å². The van der Waals surface area contributed by atoms with Crippen LogP contribution < -0.4 is 15.0 Å². The van der Waals surface area contributed by atoms with E-state index in [9.17, 15) is 14.0 Å². The lowest BCUT2D eigenvalue weighted by Crippen LogP contribution is -2.24. The van der Waals surface area contributed by atoms with E-state index in [1.54, 1.807) is 36.3 Å². The number of rotatable bonds is 5. The zero-order valence-electron chi connectivity index (χ0n) is 15.5. The van der Waals surface area contributed by atoms with Crippen LogP contribution in [0.5, 0.6) is 5.75 Å². The predicted molar refractivity (Wildman–Crippen MR) is 101 cm³/mol. The van der Waals surface area contributed by atoms with Crippen LogP contribution in [0.4, 0.5) is 16.1 Å². The van der Waals surface area contributed by atoms with Crippen LogP contribution in [0.1, 0.15) is 28.6 Å². The lowest BCUT2D eigenvalue weighted by molar-refractivity contribution is -0.117. The molecule has 0 saturated carbocycles. The summed E-state index contributed by atoms with van der Waals surface area (Å²) in [6.45, 7) is 0.388. The van der Waals surface area contributed by atoms with Gasteiger partial charge in [-0.25, -0.2) is 4.39 Å². The van der Waals surface area contributed by atoms with E-state index in [4.69, 9.17) is 9.15 Å². The van der Waals surface area contributed by atoms with Crippen molar-refractivity contribution < 1.29 is 23.1 Å². The van der Waals surface area contributed by atoms with E-state index in [0.29, 0.717) is 12.3 Å². The number of nitrogens with one attached hydrogen (secondary N) is 1. The quantitative estimate of drug-likeness (QED) is 0.712. The van der Waals surface area contributed by atoms with Crippen LogP contribution in [-0.2, 0) is 4.79 Å². The Balaban J connectivity index is 1.43. The molecule has 0 bridgehead atoms. The fraction of sp³-hybridized carbons (Fsp3) is 0.200. The molecule has 0 aliphatic carbocycles. The minimum atomic E-state index is -0.498. The summed E-state index contributed by atoms with van der Waals surface area (Å²) in [4.78, 5) is 26.2. The number of hydrogen-bond donors (Lipinski definition) is 1. The SMILES string of the molecule is COc1ccc(N2C[C@H](c3nnc(NC(=O)c4ccc(F)cc4)o3)CC2=O)cc1. The van der Waals surface area contributed by atoms with Gasteiger partial charge in [-0.2, -0.15) is 0 Å². The lowest BCUT2D eigenvalue weighted by atomic mass is 10.1. The minimum Gasteiger partial charge on any atom is -0.497 e. The normalized spacial score (nSPS) is 16.1. The molecule has 29 heavy (non-hydrogen) atoms. The molecule has 148 valence electrons. The van der Waals surface area contributed by atoms with Crippen molar-refractivity contribution in [3.8, 4) is 5.75 Å². The van der Waals surface area contributed by atoms with Crippen molar-refractivity contribution in [2.45, 2.75) is 12.3 Å². The third kappa shape index (κ3) is 3.93. The van der Waals surface area contributed by atoms with Gasteiger partial charge >= 0.3 is 6.01 Å². The molecule has 2 amide bonds. The fourth-order valence-corrected chi connectivity index (χ4v) is 3.11. The Morgan fingerprint density at radius 3 is 2.59 bits per heavy atom. The molecule has 2 aromatic carbocycles. The summed E-state index contributed by atoms with van der Waals surface area (Å²) in [5.41, 5.74) is 1.01. The summed E-state index contributed by atoms with van der Waals surface area (Å²) in [5.74, 6) is -0.306. The molecule has 0 unspecified atom stereocenters. The van der Waals surface area contributed by atoms with Gasteiger partial charge < -0.3 is 14.1 Å². The van der Waals surface area contributed by atoms with E-state index in [2.05, 4.69) is 15.5 Å². The average molecular weight is 396 g/mol. The number of carbonyl (C=O) groups excluding carboxylic acids is 2. The molecule has 2 heterocycles. The summed E-state index contributed by atoms with van der Waals surface area (Å²) >= 11 is 0. The highest BCUT2D eigenvalue weighted by Gasteiger charge is 2.35. The smallest absolute Gasteiger partial charge is 0.322 e. The number of aromatic nitrogens is 2. The molecule has 1 aromatic heterocycles. The van der Waals surface area contributed by atoms with E-state index >= 15 is 0 Å². The number of hydrogen-bond acceptors (Lipinski definition) is 6. The number of benzene rings is 2. The molecular formula is C20H17FN4O4. The van der Waals surface area contributed by atoms with E-state index in [1.165, 1.54) is 24.3 Å². The van der Waals surface area contributed by atoms with E-state index < -0.39 is 11.7 Å². The van der Waals surface area contributed by atoms with Crippen molar-refractivity contribution in [2.75, 3.05) is 23.9 Å². The number of carbonyl (C=O) groups is 2. The monoisotopic (exact) mass is 396 g/mol.